The van der Waals surface area contributed by atoms with Crippen LogP contribution < -0.4 is 21.7 Å². The van der Waals surface area contributed by atoms with E-state index in [1.165, 1.54) is 5.56 Å². The summed E-state index contributed by atoms with van der Waals surface area (Å²) in [5, 5.41) is 12.1. The van der Waals surface area contributed by atoms with Gasteiger partial charge in [0.25, 0.3) is 5.91 Å². The third kappa shape index (κ3) is 6.31. The Morgan fingerprint density at radius 1 is 1.08 bits per heavy atom. The molecule has 6 nitrogen and oxygen atoms in total. The summed E-state index contributed by atoms with van der Waals surface area (Å²) in [6.07, 6.45) is 3.96. The predicted molar refractivity (Wildman–Crippen MR) is 146 cm³/mol. The standard InChI is InChI=1S/C30H38N4O2/c1-2-22(23-9-4-3-5-10-23)20-30(16-18-32-29(36)27(34-30)13-8-17-31)21-33-28(35)26-15-14-24-11-6-7-12-25(24)19-26/h3-7,9-12,14-15,19,22,27,34H,2,8,13,16-18,20-21,31H2,1H3,(H,32,36)(H,33,35)/t22-,27-,30+/m0/s1. The molecule has 3 aromatic carbocycles. The summed E-state index contributed by atoms with van der Waals surface area (Å²) in [5.41, 5.74) is 7.25. The summed E-state index contributed by atoms with van der Waals surface area (Å²) in [7, 11) is 0. The molecule has 0 bridgehead atoms. The minimum atomic E-state index is -0.429. The van der Waals surface area contributed by atoms with Crippen molar-refractivity contribution in [1.82, 2.24) is 16.0 Å². The highest BCUT2D eigenvalue weighted by Gasteiger charge is 2.39. The Labute approximate surface area is 214 Å². The number of nitrogens with two attached hydrogens (primary N) is 1. The molecule has 36 heavy (non-hydrogen) atoms. The van der Waals surface area contributed by atoms with Crippen LogP contribution in [-0.4, -0.2) is 43.0 Å². The Kier molecular flexibility index (Phi) is 8.73. The molecule has 6 heteroatoms. The number of benzene rings is 3. The second-order valence-electron chi connectivity index (χ2n) is 9.91. The predicted octanol–water partition coefficient (Wildman–Crippen LogP) is 4.11. The molecule has 190 valence electrons. The highest BCUT2D eigenvalue weighted by Crippen LogP contribution is 2.32. The number of nitrogens with one attached hydrogen (secondary N) is 3. The molecule has 1 saturated heterocycles. The van der Waals surface area contributed by atoms with E-state index in [9.17, 15) is 9.59 Å². The van der Waals surface area contributed by atoms with E-state index in [-0.39, 0.29) is 17.9 Å². The number of carbonyl (C=O) groups is 2. The molecule has 1 heterocycles. The molecule has 1 aliphatic heterocycles. The van der Waals surface area contributed by atoms with Crippen molar-refractivity contribution in [2.24, 2.45) is 5.73 Å². The molecule has 0 unspecified atom stereocenters. The normalized spacial score (nSPS) is 20.9. The monoisotopic (exact) mass is 486 g/mol. The van der Waals surface area contributed by atoms with E-state index >= 15 is 0 Å². The number of rotatable bonds is 10. The van der Waals surface area contributed by atoms with Crippen LogP contribution in [0.2, 0.25) is 0 Å². The summed E-state index contributed by atoms with van der Waals surface area (Å²) >= 11 is 0. The molecule has 0 spiro atoms. The molecule has 3 atom stereocenters. The summed E-state index contributed by atoms with van der Waals surface area (Å²) in [6.45, 7) is 3.75. The Hall–Kier alpha value is -3.22. The molecule has 3 aromatic rings. The van der Waals surface area contributed by atoms with Crippen LogP contribution in [0.3, 0.4) is 0 Å². The summed E-state index contributed by atoms with van der Waals surface area (Å²) in [5.74, 6) is 0.218. The van der Waals surface area contributed by atoms with E-state index in [4.69, 9.17) is 5.73 Å². The fourth-order valence-corrected chi connectivity index (χ4v) is 5.33. The van der Waals surface area contributed by atoms with Crippen molar-refractivity contribution < 1.29 is 9.59 Å². The average molecular weight is 487 g/mol. The Balaban J connectivity index is 1.58. The van der Waals surface area contributed by atoms with Crippen LogP contribution in [0.4, 0.5) is 0 Å². The van der Waals surface area contributed by atoms with Crippen molar-refractivity contribution >= 4 is 22.6 Å². The van der Waals surface area contributed by atoms with Crippen molar-refractivity contribution in [3.05, 3.63) is 83.9 Å². The number of hydrogen-bond acceptors (Lipinski definition) is 4. The Morgan fingerprint density at radius 3 is 2.58 bits per heavy atom. The Bertz CT molecular complexity index is 1170. The number of hydrogen-bond donors (Lipinski definition) is 4. The lowest BCUT2D eigenvalue weighted by Crippen LogP contribution is -2.58. The van der Waals surface area contributed by atoms with Gasteiger partial charge in [-0.05, 0) is 73.0 Å². The first kappa shape index (κ1) is 25.9. The number of fused-ring (bicyclic) bond motifs is 1. The van der Waals surface area contributed by atoms with Gasteiger partial charge in [0, 0.05) is 24.2 Å². The van der Waals surface area contributed by atoms with E-state index in [0.717, 1.165) is 36.5 Å². The molecule has 4 rings (SSSR count). The summed E-state index contributed by atoms with van der Waals surface area (Å²) in [6, 6.07) is 24.0. The third-order valence-corrected chi connectivity index (χ3v) is 7.40. The largest absolute Gasteiger partial charge is 0.355 e. The van der Waals surface area contributed by atoms with Gasteiger partial charge in [0.1, 0.15) is 0 Å². The maximum absolute atomic E-state index is 13.3. The quantitative estimate of drug-likeness (QED) is 0.347. The van der Waals surface area contributed by atoms with Crippen molar-refractivity contribution in [3.8, 4) is 0 Å². The molecule has 0 radical (unpaired) electrons. The second-order valence-corrected chi connectivity index (χ2v) is 9.91. The third-order valence-electron chi connectivity index (χ3n) is 7.40. The van der Waals surface area contributed by atoms with Crippen LogP contribution in [-0.2, 0) is 4.79 Å². The fourth-order valence-electron chi connectivity index (χ4n) is 5.33. The van der Waals surface area contributed by atoms with Crippen LogP contribution in [0.5, 0.6) is 0 Å². The number of amides is 2. The van der Waals surface area contributed by atoms with Gasteiger partial charge in [0.15, 0.2) is 0 Å². The minimum absolute atomic E-state index is 0.0129. The van der Waals surface area contributed by atoms with Gasteiger partial charge in [0.2, 0.25) is 5.91 Å². The zero-order chi connectivity index (χ0) is 25.4. The summed E-state index contributed by atoms with van der Waals surface area (Å²) in [4.78, 5) is 26.1. The number of carbonyl (C=O) groups excluding carboxylic acids is 2. The smallest absolute Gasteiger partial charge is 0.251 e. The lowest BCUT2D eigenvalue weighted by molar-refractivity contribution is -0.123. The van der Waals surface area contributed by atoms with Crippen LogP contribution in [0.15, 0.2) is 72.8 Å². The van der Waals surface area contributed by atoms with Crippen molar-refractivity contribution in [1.29, 1.82) is 0 Å². The zero-order valence-electron chi connectivity index (χ0n) is 21.1. The van der Waals surface area contributed by atoms with Gasteiger partial charge in [-0.3, -0.25) is 14.9 Å². The van der Waals surface area contributed by atoms with E-state index in [1.54, 1.807) is 0 Å². The van der Waals surface area contributed by atoms with E-state index < -0.39 is 5.54 Å². The van der Waals surface area contributed by atoms with Crippen molar-refractivity contribution in [2.75, 3.05) is 19.6 Å². The van der Waals surface area contributed by atoms with Crippen LogP contribution in [0.1, 0.15) is 60.9 Å². The highest BCUT2D eigenvalue weighted by atomic mass is 16.2. The lowest BCUT2D eigenvalue weighted by atomic mass is 9.79. The topological polar surface area (TPSA) is 96.2 Å². The Morgan fingerprint density at radius 2 is 1.83 bits per heavy atom. The molecule has 5 N–H and O–H groups in total. The molecular weight excluding hydrogens is 448 g/mol. The minimum Gasteiger partial charge on any atom is -0.355 e. The first-order valence-electron chi connectivity index (χ1n) is 13.1. The first-order valence-corrected chi connectivity index (χ1v) is 13.1. The molecule has 1 aliphatic rings. The van der Waals surface area contributed by atoms with E-state index in [1.807, 2.05) is 48.5 Å². The van der Waals surface area contributed by atoms with Crippen LogP contribution >= 0.6 is 0 Å². The van der Waals surface area contributed by atoms with Crippen molar-refractivity contribution in [3.63, 3.8) is 0 Å². The molecule has 0 aromatic heterocycles. The van der Waals surface area contributed by atoms with Gasteiger partial charge >= 0.3 is 0 Å². The highest BCUT2D eigenvalue weighted by molar-refractivity contribution is 5.98. The van der Waals surface area contributed by atoms with Crippen molar-refractivity contribution in [2.45, 2.75) is 56.5 Å². The first-order chi connectivity index (χ1) is 17.5. The molecule has 2 amide bonds. The lowest BCUT2D eigenvalue weighted by Gasteiger charge is -2.39. The zero-order valence-corrected chi connectivity index (χ0v) is 21.1. The maximum atomic E-state index is 13.3. The van der Waals surface area contributed by atoms with Gasteiger partial charge < -0.3 is 16.4 Å². The second kappa shape index (κ2) is 12.2. The molecule has 0 saturated carbocycles. The maximum Gasteiger partial charge on any atom is 0.251 e. The molecular formula is C30H38N4O2. The van der Waals surface area contributed by atoms with Gasteiger partial charge in [-0.1, -0.05) is 67.6 Å². The van der Waals surface area contributed by atoms with E-state index in [2.05, 4.69) is 47.1 Å². The molecule has 1 fully saturated rings. The summed E-state index contributed by atoms with van der Waals surface area (Å²) < 4.78 is 0. The van der Waals surface area contributed by atoms with Crippen LogP contribution in [0.25, 0.3) is 10.8 Å². The van der Waals surface area contributed by atoms with Gasteiger partial charge in [-0.15, -0.1) is 0 Å². The van der Waals surface area contributed by atoms with E-state index in [0.29, 0.717) is 37.5 Å². The van der Waals surface area contributed by atoms with Crippen LogP contribution in [0, 0.1) is 0 Å². The van der Waals surface area contributed by atoms with Gasteiger partial charge in [-0.2, -0.15) is 0 Å². The fraction of sp³-hybridized carbons (Fsp3) is 0.400. The SMILES string of the molecule is CC[C@@H](C[C@@]1(CNC(=O)c2ccc3ccccc3c2)CCNC(=O)[C@H](CCCN)N1)c1ccccc1. The van der Waals surface area contributed by atoms with Gasteiger partial charge in [0.05, 0.1) is 6.04 Å². The average Bonchev–Trinajstić information content (AvgIpc) is 3.07. The molecule has 0 aliphatic carbocycles. The van der Waals surface area contributed by atoms with Gasteiger partial charge in [-0.25, -0.2) is 0 Å².